The molecule has 1 unspecified atom stereocenters. The Kier molecular flexibility index (Phi) is 7.25. The van der Waals surface area contributed by atoms with E-state index in [2.05, 4.69) is 86.1 Å². The molecule has 0 aliphatic carbocycles. The molecular weight excluding hydrogens is 450 g/mol. The van der Waals surface area contributed by atoms with Gasteiger partial charge in [-0.1, -0.05) is 70.7 Å². The molecule has 190 valence electrons. The van der Waals surface area contributed by atoms with Gasteiger partial charge in [-0.05, 0) is 48.2 Å². The number of hydrogen-bond acceptors (Lipinski definition) is 4. The van der Waals surface area contributed by atoms with Crippen LogP contribution in [0, 0.1) is 10.1 Å². The van der Waals surface area contributed by atoms with Crippen LogP contribution in [0.4, 0.5) is 11.4 Å². The molecule has 1 aliphatic heterocycles. The molecule has 1 N–H and O–H groups in total. The molecule has 1 aliphatic rings. The maximum atomic E-state index is 11.3. The minimum absolute atomic E-state index is 0.0169. The zero-order valence-electron chi connectivity index (χ0n) is 21.8. The fourth-order valence-electron chi connectivity index (χ4n) is 5.73. The summed E-state index contributed by atoms with van der Waals surface area (Å²) in [6.07, 6.45) is 15.5. The molecule has 36 heavy (non-hydrogen) atoms. The van der Waals surface area contributed by atoms with Gasteiger partial charge in [-0.3, -0.25) is 10.1 Å². The highest BCUT2D eigenvalue weighted by Gasteiger charge is 2.55. The molecule has 4 rings (SSSR count). The lowest BCUT2D eigenvalue weighted by Crippen LogP contribution is -2.54. The van der Waals surface area contributed by atoms with Crippen molar-refractivity contribution in [1.82, 2.24) is 4.57 Å². The van der Waals surface area contributed by atoms with E-state index in [9.17, 15) is 15.2 Å². The van der Waals surface area contributed by atoms with Crippen LogP contribution in [0.15, 0.2) is 67.0 Å². The van der Waals surface area contributed by atoms with E-state index < -0.39 is 10.6 Å². The minimum atomic E-state index is -0.617. The molecule has 6 nitrogen and oxygen atoms in total. The summed E-state index contributed by atoms with van der Waals surface area (Å²) < 4.78 is 2.26. The van der Waals surface area contributed by atoms with Gasteiger partial charge in [0.15, 0.2) is 0 Å². The van der Waals surface area contributed by atoms with Gasteiger partial charge in [0.25, 0.3) is 5.69 Å². The van der Waals surface area contributed by atoms with Crippen molar-refractivity contribution >= 4 is 17.5 Å². The molecular formula is C30H37N3O3. The zero-order chi connectivity index (χ0) is 25.9. The minimum Gasteiger partial charge on any atom is -0.507 e. The quantitative estimate of drug-likeness (QED) is 0.184. The first-order valence-electron chi connectivity index (χ1n) is 12.9. The standard InChI is InChI=1S/C30H37N3O3/c1-5-6-7-8-9-12-23-18-20-32(22-23)30(19-17-24-21-25(33(35)36)15-16-28(24)34)29(2,3)26-13-10-11-14-27(26)31(30)4/h10-11,13-22,34H,5-9,12H2,1-4H3/b19-17+. The summed E-state index contributed by atoms with van der Waals surface area (Å²) in [4.78, 5) is 13.2. The second kappa shape index (κ2) is 10.2. The third-order valence-electron chi connectivity index (χ3n) is 7.80. The molecule has 0 saturated carbocycles. The summed E-state index contributed by atoms with van der Waals surface area (Å²) in [6.45, 7) is 6.70. The van der Waals surface area contributed by atoms with Gasteiger partial charge in [-0.15, -0.1) is 0 Å². The molecule has 1 atom stereocenters. The van der Waals surface area contributed by atoms with Crippen molar-refractivity contribution in [3.8, 4) is 5.75 Å². The lowest BCUT2D eigenvalue weighted by atomic mass is 9.75. The predicted molar refractivity (Wildman–Crippen MR) is 147 cm³/mol. The molecule has 3 aromatic rings. The van der Waals surface area contributed by atoms with Crippen molar-refractivity contribution in [2.45, 2.75) is 70.4 Å². The van der Waals surface area contributed by atoms with Crippen LogP contribution >= 0.6 is 0 Å². The van der Waals surface area contributed by atoms with Crippen molar-refractivity contribution in [3.05, 3.63) is 93.8 Å². The van der Waals surface area contributed by atoms with Gasteiger partial charge in [0.05, 0.1) is 4.92 Å². The van der Waals surface area contributed by atoms with Crippen molar-refractivity contribution in [3.63, 3.8) is 0 Å². The van der Waals surface area contributed by atoms with Crippen LogP contribution in [0.5, 0.6) is 5.75 Å². The number of rotatable bonds is 10. The second-order valence-corrected chi connectivity index (χ2v) is 10.4. The lowest BCUT2D eigenvalue weighted by molar-refractivity contribution is -0.384. The van der Waals surface area contributed by atoms with Gasteiger partial charge >= 0.3 is 0 Å². The van der Waals surface area contributed by atoms with Crippen molar-refractivity contribution in [2.75, 3.05) is 11.9 Å². The van der Waals surface area contributed by atoms with E-state index in [1.807, 2.05) is 6.08 Å². The van der Waals surface area contributed by atoms with E-state index in [0.29, 0.717) is 5.56 Å². The number of phenolic OH excluding ortho intramolecular Hbond substituents is 1. The highest BCUT2D eigenvalue weighted by Crippen LogP contribution is 2.54. The number of nitro benzene ring substituents is 1. The number of nitrogens with zero attached hydrogens (tertiary/aromatic N) is 3. The second-order valence-electron chi connectivity index (χ2n) is 10.4. The van der Waals surface area contributed by atoms with Gasteiger partial charge < -0.3 is 14.6 Å². The number of nitro groups is 1. The highest BCUT2D eigenvalue weighted by atomic mass is 16.6. The summed E-state index contributed by atoms with van der Waals surface area (Å²) in [5, 5.41) is 21.8. The van der Waals surface area contributed by atoms with E-state index >= 15 is 0 Å². The monoisotopic (exact) mass is 487 g/mol. The summed E-state index contributed by atoms with van der Waals surface area (Å²) in [6, 6.07) is 14.8. The first-order valence-corrected chi connectivity index (χ1v) is 12.9. The number of aromatic nitrogens is 1. The number of aromatic hydroxyl groups is 1. The Morgan fingerprint density at radius 1 is 1.06 bits per heavy atom. The fraction of sp³-hybridized carbons (Fsp3) is 0.400. The third-order valence-corrected chi connectivity index (χ3v) is 7.80. The van der Waals surface area contributed by atoms with Crippen LogP contribution < -0.4 is 4.90 Å². The molecule has 0 saturated heterocycles. The summed E-state index contributed by atoms with van der Waals surface area (Å²) in [7, 11) is 2.09. The first kappa shape index (κ1) is 25.5. The molecule has 6 heteroatoms. The molecule has 0 fully saturated rings. The number of fused-ring (bicyclic) bond motifs is 1. The summed E-state index contributed by atoms with van der Waals surface area (Å²) in [5.74, 6) is 0.0169. The zero-order valence-corrected chi connectivity index (χ0v) is 21.8. The Labute approximate surface area is 214 Å². The number of non-ortho nitro benzene ring substituents is 1. The first-order chi connectivity index (χ1) is 17.2. The van der Waals surface area contributed by atoms with Crippen LogP contribution in [-0.2, 0) is 17.5 Å². The molecule has 0 radical (unpaired) electrons. The largest absolute Gasteiger partial charge is 0.507 e. The van der Waals surface area contributed by atoms with E-state index in [0.717, 1.165) is 12.1 Å². The Balaban J connectivity index is 1.77. The molecule has 0 bridgehead atoms. The topological polar surface area (TPSA) is 71.5 Å². The van der Waals surface area contributed by atoms with Crippen LogP contribution in [0.1, 0.15) is 69.6 Å². The molecule has 0 spiro atoms. The third kappa shape index (κ3) is 4.41. The van der Waals surface area contributed by atoms with Crippen LogP contribution in [0.2, 0.25) is 0 Å². The molecule has 2 aromatic carbocycles. The number of aryl methyl sites for hydroxylation is 1. The smallest absolute Gasteiger partial charge is 0.270 e. The average molecular weight is 488 g/mol. The van der Waals surface area contributed by atoms with Gasteiger partial charge in [0.1, 0.15) is 11.4 Å². The Morgan fingerprint density at radius 2 is 1.81 bits per heavy atom. The molecule has 1 aromatic heterocycles. The number of unbranched alkanes of at least 4 members (excludes halogenated alkanes) is 4. The van der Waals surface area contributed by atoms with Gasteiger partial charge in [-0.25, -0.2) is 0 Å². The molecule has 0 amide bonds. The van der Waals surface area contributed by atoms with E-state index in [1.165, 1.54) is 61.4 Å². The van der Waals surface area contributed by atoms with E-state index in [-0.39, 0.29) is 16.9 Å². The maximum Gasteiger partial charge on any atom is 0.270 e. The van der Waals surface area contributed by atoms with Gasteiger partial charge in [0.2, 0.25) is 0 Å². The highest BCUT2D eigenvalue weighted by molar-refractivity contribution is 5.69. The van der Waals surface area contributed by atoms with Crippen molar-refractivity contribution < 1.29 is 10.0 Å². The van der Waals surface area contributed by atoms with Gasteiger partial charge in [-0.2, -0.15) is 0 Å². The number of hydrogen-bond donors (Lipinski definition) is 1. The average Bonchev–Trinajstić information content (AvgIpc) is 3.39. The van der Waals surface area contributed by atoms with Crippen LogP contribution in [-0.4, -0.2) is 21.6 Å². The summed E-state index contributed by atoms with van der Waals surface area (Å²) >= 11 is 0. The van der Waals surface area contributed by atoms with Gasteiger partial charge in [0, 0.05) is 48.2 Å². The number of para-hydroxylation sites is 1. The number of likely N-dealkylation sites (N-methyl/N-ethyl adjacent to an activating group) is 1. The predicted octanol–water partition coefficient (Wildman–Crippen LogP) is 7.41. The number of anilines is 1. The number of phenols is 1. The van der Waals surface area contributed by atoms with E-state index in [1.54, 1.807) is 0 Å². The van der Waals surface area contributed by atoms with E-state index in [4.69, 9.17) is 0 Å². The van der Waals surface area contributed by atoms with Crippen molar-refractivity contribution in [2.24, 2.45) is 0 Å². The fourth-order valence-corrected chi connectivity index (χ4v) is 5.73. The van der Waals surface area contributed by atoms with Crippen molar-refractivity contribution in [1.29, 1.82) is 0 Å². The Bertz CT molecular complexity index is 1260. The lowest BCUT2D eigenvalue weighted by Gasteiger charge is -2.46. The summed E-state index contributed by atoms with van der Waals surface area (Å²) in [5.41, 5.74) is 3.11. The Hall–Kier alpha value is -3.54. The van der Waals surface area contributed by atoms with Crippen LogP contribution in [0.25, 0.3) is 6.08 Å². The number of benzene rings is 2. The molecule has 2 heterocycles. The van der Waals surface area contributed by atoms with Crippen LogP contribution in [0.3, 0.4) is 0 Å². The SMILES string of the molecule is CCCCCCCc1ccn(C2(/C=C/c3cc([N+](=O)[O-])ccc3O)N(C)c3ccccc3C2(C)C)c1. The Morgan fingerprint density at radius 3 is 2.53 bits per heavy atom. The normalized spacial score (nSPS) is 18.6. The maximum absolute atomic E-state index is 11.3.